The van der Waals surface area contributed by atoms with Gasteiger partial charge in [-0.1, -0.05) is 25.4 Å². The topological polar surface area (TPSA) is 83.3 Å². The maximum Gasteiger partial charge on any atom is 0.157 e. The first-order valence-corrected chi connectivity index (χ1v) is 10.2. The number of ether oxygens (including phenoxy) is 2. The highest BCUT2D eigenvalue weighted by Crippen LogP contribution is 2.43. The third kappa shape index (κ3) is 4.39. The molecule has 0 fully saturated rings. The number of hydrogen-bond donors (Lipinski definition) is 1. The van der Waals surface area contributed by atoms with E-state index < -0.39 is 0 Å². The average molecular weight is 416 g/mol. The van der Waals surface area contributed by atoms with Crippen LogP contribution in [0.2, 0.25) is 5.02 Å². The Labute approximate surface area is 176 Å². The molecule has 7 nitrogen and oxygen atoms in total. The third-order valence-electron chi connectivity index (χ3n) is 4.79. The van der Waals surface area contributed by atoms with E-state index in [4.69, 9.17) is 21.1 Å². The van der Waals surface area contributed by atoms with Crippen molar-refractivity contribution in [1.82, 2.24) is 9.97 Å². The molecule has 2 heterocycles. The number of rotatable bonds is 8. The van der Waals surface area contributed by atoms with Crippen LogP contribution >= 0.6 is 11.6 Å². The van der Waals surface area contributed by atoms with E-state index in [1.54, 1.807) is 13.2 Å². The summed E-state index contributed by atoms with van der Waals surface area (Å²) in [6.07, 6.45) is 2.24. The molecule has 1 aromatic heterocycles. The zero-order valence-corrected chi connectivity index (χ0v) is 18.0. The number of fused-ring (bicyclic) bond motifs is 1. The van der Waals surface area contributed by atoms with Crippen LogP contribution in [0.3, 0.4) is 0 Å². The molecule has 1 atom stereocenters. The summed E-state index contributed by atoms with van der Waals surface area (Å²) in [6.45, 7) is 7.22. The first-order valence-electron chi connectivity index (χ1n) is 9.83. The van der Waals surface area contributed by atoms with Crippen molar-refractivity contribution in [2.24, 2.45) is 0 Å². The summed E-state index contributed by atoms with van der Waals surface area (Å²) in [6, 6.07) is 6.03. The first-order chi connectivity index (χ1) is 14.0. The lowest BCUT2D eigenvalue weighted by molar-refractivity contribution is 0.0700. The van der Waals surface area contributed by atoms with Crippen LogP contribution in [0.15, 0.2) is 12.1 Å². The van der Waals surface area contributed by atoms with Crippen molar-refractivity contribution in [2.75, 3.05) is 30.5 Å². The molecule has 8 heteroatoms. The van der Waals surface area contributed by atoms with Crippen LogP contribution in [-0.4, -0.2) is 36.5 Å². The van der Waals surface area contributed by atoms with E-state index in [1.807, 2.05) is 24.8 Å². The molecular weight excluding hydrogens is 390 g/mol. The molecule has 0 amide bonds. The molecular formula is C21H26ClN5O2. The van der Waals surface area contributed by atoms with Crippen LogP contribution in [0, 0.1) is 18.3 Å². The van der Waals surface area contributed by atoms with Gasteiger partial charge in [0.05, 0.1) is 17.8 Å². The first kappa shape index (κ1) is 21.2. The lowest BCUT2D eigenvalue weighted by atomic mass is 10.1. The van der Waals surface area contributed by atoms with Gasteiger partial charge in [-0.15, -0.1) is 0 Å². The molecule has 1 aliphatic heterocycles. The molecule has 0 saturated heterocycles. The standard InChI is InChI=1S/C21H26ClN5O2/c1-5-9-29-18(6-2)26-20-16(12-23)21(25-13(3)24-20)27-8-7-14-10-15(28-4)11-17(22)19(14)27/h10-11,18H,5-9H2,1-4H3,(H,24,25,26). The van der Waals surface area contributed by atoms with Gasteiger partial charge < -0.3 is 19.7 Å². The fourth-order valence-corrected chi connectivity index (χ4v) is 3.76. The van der Waals surface area contributed by atoms with E-state index in [2.05, 4.69) is 28.3 Å². The Bertz CT molecular complexity index is 928. The molecule has 0 spiro atoms. The molecule has 1 unspecified atom stereocenters. The Morgan fingerprint density at radius 1 is 1.34 bits per heavy atom. The van der Waals surface area contributed by atoms with Crippen LogP contribution in [-0.2, 0) is 11.2 Å². The highest BCUT2D eigenvalue weighted by Gasteiger charge is 2.29. The van der Waals surface area contributed by atoms with Crippen LogP contribution in [0.1, 0.15) is 43.6 Å². The molecule has 29 heavy (non-hydrogen) atoms. The van der Waals surface area contributed by atoms with Crippen LogP contribution in [0.5, 0.6) is 5.75 Å². The largest absolute Gasteiger partial charge is 0.497 e. The van der Waals surface area contributed by atoms with Gasteiger partial charge in [0, 0.05) is 19.2 Å². The van der Waals surface area contributed by atoms with Crippen LogP contribution < -0.4 is 15.0 Å². The van der Waals surface area contributed by atoms with E-state index in [0.717, 1.165) is 36.3 Å². The van der Waals surface area contributed by atoms with Crippen LogP contribution in [0.25, 0.3) is 0 Å². The maximum atomic E-state index is 9.92. The SMILES string of the molecule is CCCOC(CC)Nc1nc(C)nc(N2CCc3cc(OC)cc(Cl)c32)c1C#N. The number of hydrogen-bond acceptors (Lipinski definition) is 7. The van der Waals surface area contributed by atoms with E-state index >= 15 is 0 Å². The van der Waals surface area contributed by atoms with Gasteiger partial charge in [-0.3, -0.25) is 0 Å². The molecule has 0 aliphatic carbocycles. The predicted octanol–water partition coefficient (Wildman–Crippen LogP) is 4.59. The number of anilines is 3. The fraction of sp³-hybridized carbons (Fsp3) is 0.476. The Balaban J connectivity index is 2.02. The van der Waals surface area contributed by atoms with Gasteiger partial charge in [0.25, 0.3) is 0 Å². The Morgan fingerprint density at radius 2 is 2.14 bits per heavy atom. The second-order valence-corrected chi connectivity index (χ2v) is 7.27. The molecule has 1 N–H and O–H groups in total. The van der Waals surface area contributed by atoms with Crippen molar-refractivity contribution in [1.29, 1.82) is 5.26 Å². The number of methoxy groups -OCH3 is 1. The zero-order chi connectivity index (χ0) is 21.0. The summed E-state index contributed by atoms with van der Waals surface area (Å²) >= 11 is 6.55. The van der Waals surface area contributed by atoms with Crippen LogP contribution in [0.4, 0.5) is 17.3 Å². The number of aryl methyl sites for hydroxylation is 1. The number of nitrogens with one attached hydrogen (secondary N) is 1. The van der Waals surface area contributed by atoms with Gasteiger partial charge in [-0.2, -0.15) is 5.26 Å². The highest BCUT2D eigenvalue weighted by molar-refractivity contribution is 6.34. The Hall–Kier alpha value is -2.56. The highest BCUT2D eigenvalue weighted by atomic mass is 35.5. The Morgan fingerprint density at radius 3 is 2.79 bits per heavy atom. The molecule has 0 bridgehead atoms. The summed E-state index contributed by atoms with van der Waals surface area (Å²) in [5, 5.41) is 13.8. The number of halogens is 1. The average Bonchev–Trinajstić information content (AvgIpc) is 3.15. The van der Waals surface area contributed by atoms with Gasteiger partial charge in [-0.05, 0) is 37.8 Å². The second kappa shape index (κ2) is 9.29. The van der Waals surface area contributed by atoms with Crippen molar-refractivity contribution in [3.8, 4) is 11.8 Å². The van der Waals surface area contributed by atoms with Crippen molar-refractivity contribution in [3.63, 3.8) is 0 Å². The minimum absolute atomic E-state index is 0.220. The Kier molecular flexibility index (Phi) is 6.78. The fourth-order valence-electron chi connectivity index (χ4n) is 3.43. The van der Waals surface area contributed by atoms with Crippen molar-refractivity contribution >= 4 is 28.9 Å². The van der Waals surface area contributed by atoms with E-state index in [9.17, 15) is 5.26 Å². The number of benzene rings is 1. The molecule has 1 aliphatic rings. The van der Waals surface area contributed by atoms with Gasteiger partial charge in [0.2, 0.25) is 0 Å². The smallest absolute Gasteiger partial charge is 0.157 e. The molecule has 0 saturated carbocycles. The van der Waals surface area contributed by atoms with Crippen molar-refractivity contribution < 1.29 is 9.47 Å². The summed E-state index contributed by atoms with van der Waals surface area (Å²) < 4.78 is 11.1. The lowest BCUT2D eigenvalue weighted by Crippen LogP contribution is -2.25. The quantitative estimate of drug-likeness (QED) is 0.631. The summed E-state index contributed by atoms with van der Waals surface area (Å²) in [7, 11) is 1.62. The van der Waals surface area contributed by atoms with Crippen molar-refractivity contribution in [3.05, 3.63) is 34.1 Å². The summed E-state index contributed by atoms with van der Waals surface area (Å²) in [4.78, 5) is 11.0. The number of nitriles is 1. The molecule has 1 aromatic carbocycles. The minimum atomic E-state index is -0.220. The van der Waals surface area contributed by atoms with Gasteiger partial charge in [0.1, 0.15) is 29.4 Å². The third-order valence-corrected chi connectivity index (χ3v) is 5.08. The summed E-state index contributed by atoms with van der Waals surface area (Å²) in [5.41, 5.74) is 2.32. The molecule has 0 radical (unpaired) electrons. The number of nitrogens with zero attached hydrogens (tertiary/aromatic N) is 4. The maximum absolute atomic E-state index is 9.92. The van der Waals surface area contributed by atoms with E-state index in [0.29, 0.717) is 41.2 Å². The van der Waals surface area contributed by atoms with E-state index in [-0.39, 0.29) is 6.23 Å². The van der Waals surface area contributed by atoms with Gasteiger partial charge in [0.15, 0.2) is 11.6 Å². The number of aromatic nitrogens is 2. The summed E-state index contributed by atoms with van der Waals surface area (Å²) in [5.74, 6) is 2.33. The van der Waals surface area contributed by atoms with Gasteiger partial charge >= 0.3 is 0 Å². The normalized spacial score (nSPS) is 13.7. The zero-order valence-electron chi connectivity index (χ0n) is 17.3. The lowest BCUT2D eigenvalue weighted by Gasteiger charge is -2.24. The van der Waals surface area contributed by atoms with Gasteiger partial charge in [-0.25, -0.2) is 9.97 Å². The minimum Gasteiger partial charge on any atom is -0.497 e. The second-order valence-electron chi connectivity index (χ2n) is 6.86. The van der Waals surface area contributed by atoms with Crippen molar-refractivity contribution in [2.45, 2.75) is 46.3 Å². The monoisotopic (exact) mass is 415 g/mol. The molecule has 3 rings (SSSR count). The molecule has 2 aromatic rings. The predicted molar refractivity (Wildman–Crippen MR) is 114 cm³/mol. The van der Waals surface area contributed by atoms with E-state index in [1.165, 1.54) is 0 Å². The molecule has 154 valence electrons.